The third kappa shape index (κ3) is 4.67. The van der Waals surface area contributed by atoms with E-state index in [1.54, 1.807) is 11.8 Å². The fourth-order valence-electron chi connectivity index (χ4n) is 2.03. The second kappa shape index (κ2) is 6.70. The fourth-order valence-corrected chi connectivity index (χ4v) is 2.82. The number of aliphatic hydroxyl groups is 2. The van der Waals surface area contributed by atoms with Gasteiger partial charge in [0.05, 0.1) is 12.7 Å². The first-order chi connectivity index (χ1) is 6.72. The maximum Gasteiger partial charge on any atom is 0.0633 e. The molecule has 2 N–H and O–H groups in total. The Hall–Kier alpha value is 0.270. The Morgan fingerprint density at radius 2 is 2.00 bits per heavy atom. The van der Waals surface area contributed by atoms with E-state index in [2.05, 4.69) is 0 Å². The van der Waals surface area contributed by atoms with E-state index in [9.17, 15) is 5.11 Å². The number of hydrogen-bond donors (Lipinski definition) is 2. The van der Waals surface area contributed by atoms with Gasteiger partial charge in [-0.15, -0.1) is 0 Å². The van der Waals surface area contributed by atoms with Crippen molar-refractivity contribution in [2.24, 2.45) is 5.92 Å². The predicted molar refractivity (Wildman–Crippen MR) is 61.6 cm³/mol. The highest BCUT2D eigenvalue weighted by molar-refractivity contribution is 7.99. The summed E-state index contributed by atoms with van der Waals surface area (Å²) >= 11 is 1.67. The van der Waals surface area contributed by atoms with Crippen LogP contribution in [0.15, 0.2) is 0 Å². The number of thioether (sulfide) groups is 1. The van der Waals surface area contributed by atoms with Gasteiger partial charge in [0.1, 0.15) is 0 Å². The Morgan fingerprint density at radius 1 is 1.36 bits per heavy atom. The van der Waals surface area contributed by atoms with Gasteiger partial charge in [-0.05, 0) is 12.3 Å². The van der Waals surface area contributed by atoms with Crippen LogP contribution in [0.25, 0.3) is 0 Å². The van der Waals surface area contributed by atoms with Crippen LogP contribution in [0.3, 0.4) is 0 Å². The summed E-state index contributed by atoms with van der Waals surface area (Å²) in [5.74, 6) is 1.54. The Labute approximate surface area is 91.1 Å². The predicted octanol–water partition coefficient (Wildman–Crippen LogP) is 2.04. The Kier molecular flexibility index (Phi) is 5.90. The first kappa shape index (κ1) is 12.3. The van der Waals surface area contributed by atoms with Crippen LogP contribution in [0.4, 0.5) is 0 Å². The normalized spacial score (nSPS) is 22.5. The molecule has 1 aliphatic rings. The van der Waals surface area contributed by atoms with Gasteiger partial charge in [0, 0.05) is 11.0 Å². The molecule has 0 bridgehead atoms. The highest BCUT2D eigenvalue weighted by atomic mass is 32.2. The summed E-state index contributed by atoms with van der Waals surface area (Å²) in [5, 5.41) is 18.8. The minimum Gasteiger partial charge on any atom is -0.395 e. The van der Waals surface area contributed by atoms with Gasteiger partial charge in [-0.25, -0.2) is 0 Å². The van der Waals surface area contributed by atoms with E-state index >= 15 is 0 Å². The third-order valence-corrected chi connectivity index (χ3v) is 4.21. The fraction of sp³-hybridized carbons (Fsp3) is 1.00. The zero-order chi connectivity index (χ0) is 10.4. The van der Waals surface area contributed by atoms with Crippen molar-refractivity contribution in [2.75, 3.05) is 12.4 Å². The summed E-state index contributed by atoms with van der Waals surface area (Å²) in [6, 6.07) is 0. The molecule has 1 fully saturated rings. The quantitative estimate of drug-likeness (QED) is 0.717. The second-order valence-electron chi connectivity index (χ2n) is 4.37. The van der Waals surface area contributed by atoms with Gasteiger partial charge in [-0.1, -0.05) is 32.6 Å². The molecule has 0 aliphatic heterocycles. The molecule has 0 saturated heterocycles. The molecular weight excluding hydrogens is 196 g/mol. The molecule has 2 unspecified atom stereocenters. The molecule has 0 spiro atoms. The van der Waals surface area contributed by atoms with E-state index in [-0.39, 0.29) is 18.0 Å². The molecule has 2 nitrogen and oxygen atoms in total. The minimum absolute atomic E-state index is 0.169. The van der Waals surface area contributed by atoms with E-state index in [1.807, 2.05) is 6.92 Å². The van der Waals surface area contributed by atoms with Crippen molar-refractivity contribution in [3.05, 3.63) is 0 Å². The van der Waals surface area contributed by atoms with Crippen LogP contribution >= 0.6 is 11.8 Å². The minimum atomic E-state index is -0.169. The van der Waals surface area contributed by atoms with Gasteiger partial charge in [0.15, 0.2) is 0 Å². The SMILES string of the molecule is CC(CO)SCC(O)CC1CCCC1. The Balaban J connectivity index is 2.05. The van der Waals surface area contributed by atoms with Crippen molar-refractivity contribution < 1.29 is 10.2 Å². The Morgan fingerprint density at radius 3 is 2.57 bits per heavy atom. The van der Waals surface area contributed by atoms with Crippen LogP contribution in [0, 0.1) is 5.92 Å². The van der Waals surface area contributed by atoms with Crippen LogP contribution in [0.2, 0.25) is 0 Å². The highest BCUT2D eigenvalue weighted by Gasteiger charge is 2.19. The van der Waals surface area contributed by atoms with E-state index in [0.717, 1.165) is 18.1 Å². The summed E-state index contributed by atoms with van der Waals surface area (Å²) in [6.45, 7) is 2.20. The monoisotopic (exact) mass is 218 g/mol. The summed E-state index contributed by atoms with van der Waals surface area (Å²) < 4.78 is 0. The molecule has 0 aromatic carbocycles. The average molecular weight is 218 g/mol. The smallest absolute Gasteiger partial charge is 0.0633 e. The van der Waals surface area contributed by atoms with Crippen LogP contribution < -0.4 is 0 Å². The van der Waals surface area contributed by atoms with Crippen molar-refractivity contribution in [1.29, 1.82) is 0 Å². The van der Waals surface area contributed by atoms with Crippen LogP contribution in [0.5, 0.6) is 0 Å². The number of rotatable bonds is 6. The molecule has 3 heteroatoms. The third-order valence-electron chi connectivity index (χ3n) is 2.91. The lowest BCUT2D eigenvalue weighted by atomic mass is 10.0. The zero-order valence-corrected chi connectivity index (χ0v) is 9.80. The van der Waals surface area contributed by atoms with Gasteiger partial charge in [0.2, 0.25) is 0 Å². The van der Waals surface area contributed by atoms with Crippen molar-refractivity contribution in [2.45, 2.75) is 50.4 Å². The largest absolute Gasteiger partial charge is 0.395 e. The Bertz CT molecular complexity index is 146. The molecule has 2 atom stereocenters. The van der Waals surface area contributed by atoms with Gasteiger partial charge in [-0.2, -0.15) is 11.8 Å². The molecule has 0 aromatic heterocycles. The maximum absolute atomic E-state index is 9.75. The molecule has 0 amide bonds. The highest BCUT2D eigenvalue weighted by Crippen LogP contribution is 2.29. The molecule has 1 saturated carbocycles. The van der Waals surface area contributed by atoms with Crippen LogP contribution in [0.1, 0.15) is 39.0 Å². The molecule has 1 aliphatic carbocycles. The zero-order valence-electron chi connectivity index (χ0n) is 8.98. The first-order valence-corrected chi connectivity index (χ1v) is 6.67. The topological polar surface area (TPSA) is 40.5 Å². The van der Waals surface area contributed by atoms with Crippen molar-refractivity contribution >= 4 is 11.8 Å². The molecule has 0 aromatic rings. The average Bonchev–Trinajstić information content (AvgIpc) is 2.66. The molecule has 14 heavy (non-hydrogen) atoms. The number of aliphatic hydroxyl groups excluding tert-OH is 2. The lowest BCUT2D eigenvalue weighted by Crippen LogP contribution is -2.17. The molecule has 0 heterocycles. The van der Waals surface area contributed by atoms with Crippen molar-refractivity contribution in [3.63, 3.8) is 0 Å². The van der Waals surface area contributed by atoms with Gasteiger partial charge in [-0.3, -0.25) is 0 Å². The summed E-state index contributed by atoms with van der Waals surface area (Å²) in [6.07, 6.45) is 6.09. The maximum atomic E-state index is 9.75. The van der Waals surface area contributed by atoms with Crippen molar-refractivity contribution in [3.8, 4) is 0 Å². The first-order valence-electron chi connectivity index (χ1n) is 5.63. The second-order valence-corrected chi connectivity index (χ2v) is 5.84. The molecule has 84 valence electrons. The van der Waals surface area contributed by atoms with E-state index in [0.29, 0.717) is 0 Å². The van der Waals surface area contributed by atoms with E-state index in [1.165, 1.54) is 25.7 Å². The summed E-state index contributed by atoms with van der Waals surface area (Å²) in [4.78, 5) is 0. The van der Waals surface area contributed by atoms with Gasteiger partial charge >= 0.3 is 0 Å². The van der Waals surface area contributed by atoms with E-state index < -0.39 is 0 Å². The standard InChI is InChI=1S/C11H22O2S/c1-9(7-12)14-8-11(13)6-10-4-2-3-5-10/h9-13H,2-8H2,1H3. The van der Waals surface area contributed by atoms with Gasteiger partial charge < -0.3 is 10.2 Å². The van der Waals surface area contributed by atoms with Crippen LogP contribution in [-0.4, -0.2) is 33.9 Å². The molecule has 0 radical (unpaired) electrons. The molecule has 1 rings (SSSR count). The lowest BCUT2D eigenvalue weighted by Gasteiger charge is -2.16. The van der Waals surface area contributed by atoms with Gasteiger partial charge in [0.25, 0.3) is 0 Å². The number of hydrogen-bond acceptors (Lipinski definition) is 3. The molecular formula is C11H22O2S. The lowest BCUT2D eigenvalue weighted by molar-refractivity contribution is 0.165. The van der Waals surface area contributed by atoms with E-state index in [4.69, 9.17) is 5.11 Å². The van der Waals surface area contributed by atoms with Crippen molar-refractivity contribution in [1.82, 2.24) is 0 Å². The van der Waals surface area contributed by atoms with Crippen LogP contribution in [-0.2, 0) is 0 Å². The summed E-state index contributed by atoms with van der Waals surface area (Å²) in [5.41, 5.74) is 0. The summed E-state index contributed by atoms with van der Waals surface area (Å²) in [7, 11) is 0.